The summed E-state index contributed by atoms with van der Waals surface area (Å²) in [5.74, 6) is 0. The first-order valence-electron chi connectivity index (χ1n) is 17.8. The number of fused-ring (bicyclic) bond motifs is 6. The Hall–Kier alpha value is -6.48. The largest absolute Gasteiger partial charge is 0.310 e. The lowest BCUT2D eigenvalue weighted by molar-refractivity contribution is 1.28. The van der Waals surface area contributed by atoms with Crippen molar-refractivity contribution in [3.63, 3.8) is 0 Å². The normalized spacial score (nSPS) is 11.5. The highest BCUT2D eigenvalue weighted by atomic mass is 32.1. The molecule has 0 spiro atoms. The highest BCUT2D eigenvalue weighted by molar-refractivity contribution is 7.26. The third kappa shape index (κ3) is 5.24. The van der Waals surface area contributed by atoms with Crippen LogP contribution in [0.2, 0.25) is 0 Å². The van der Waals surface area contributed by atoms with Crippen molar-refractivity contribution in [1.29, 1.82) is 0 Å². The van der Waals surface area contributed by atoms with E-state index in [2.05, 4.69) is 205 Å². The van der Waals surface area contributed by atoms with Crippen LogP contribution in [0.15, 0.2) is 200 Å². The molecule has 0 unspecified atom stereocenters. The summed E-state index contributed by atoms with van der Waals surface area (Å²) in [7, 11) is 0. The SMILES string of the molecule is c1ccc(-c2ccc(N(c3ccc(-c4cc5sc6ccccc6c5c5ccccc45)cc3)c3ccccc3-c3ccc4ccccc4c3)cc2)cc1. The van der Waals surface area contributed by atoms with E-state index in [0.29, 0.717) is 0 Å². The van der Waals surface area contributed by atoms with Gasteiger partial charge >= 0.3 is 0 Å². The van der Waals surface area contributed by atoms with E-state index in [4.69, 9.17) is 0 Å². The van der Waals surface area contributed by atoms with Crippen LogP contribution in [0.1, 0.15) is 0 Å². The summed E-state index contributed by atoms with van der Waals surface area (Å²) in [4.78, 5) is 2.40. The third-order valence-corrected chi connectivity index (χ3v) is 11.4. The van der Waals surface area contributed by atoms with Crippen molar-refractivity contribution in [2.75, 3.05) is 4.90 Å². The van der Waals surface area contributed by atoms with Crippen LogP contribution in [0.3, 0.4) is 0 Å². The number of anilines is 3. The minimum atomic E-state index is 1.11. The molecular formula is C50H33NS. The number of para-hydroxylation sites is 1. The maximum Gasteiger partial charge on any atom is 0.0540 e. The molecule has 0 fully saturated rings. The number of rotatable bonds is 6. The number of benzene rings is 9. The Balaban J connectivity index is 1.12. The molecule has 1 nitrogen and oxygen atoms in total. The van der Waals surface area contributed by atoms with Gasteiger partial charge in [0.2, 0.25) is 0 Å². The van der Waals surface area contributed by atoms with Gasteiger partial charge in [0.1, 0.15) is 0 Å². The minimum Gasteiger partial charge on any atom is -0.310 e. The molecule has 0 aliphatic rings. The molecule has 1 heterocycles. The first-order valence-corrected chi connectivity index (χ1v) is 18.6. The Morgan fingerprint density at radius 2 is 0.904 bits per heavy atom. The second-order valence-corrected chi connectivity index (χ2v) is 14.4. The molecule has 0 saturated carbocycles. The number of hydrogen-bond acceptors (Lipinski definition) is 2. The molecule has 10 rings (SSSR count). The van der Waals surface area contributed by atoms with Crippen LogP contribution in [-0.4, -0.2) is 0 Å². The summed E-state index contributed by atoms with van der Waals surface area (Å²) in [5, 5.41) is 7.75. The van der Waals surface area contributed by atoms with E-state index in [0.717, 1.165) is 17.1 Å². The predicted molar refractivity (Wildman–Crippen MR) is 225 cm³/mol. The molecule has 244 valence electrons. The summed E-state index contributed by atoms with van der Waals surface area (Å²) >= 11 is 1.88. The minimum absolute atomic E-state index is 1.11. The molecule has 0 radical (unpaired) electrons. The van der Waals surface area contributed by atoms with Gasteiger partial charge in [0.15, 0.2) is 0 Å². The number of thiophene rings is 1. The van der Waals surface area contributed by atoms with Crippen LogP contribution in [-0.2, 0) is 0 Å². The molecule has 0 aliphatic heterocycles. The Morgan fingerprint density at radius 1 is 0.327 bits per heavy atom. The molecule has 10 aromatic rings. The quantitative estimate of drug-likeness (QED) is 0.169. The molecule has 0 bridgehead atoms. The van der Waals surface area contributed by atoms with Crippen molar-refractivity contribution in [2.45, 2.75) is 0 Å². The van der Waals surface area contributed by atoms with Crippen LogP contribution in [0.5, 0.6) is 0 Å². The van der Waals surface area contributed by atoms with Gasteiger partial charge < -0.3 is 4.90 Å². The molecule has 0 saturated heterocycles. The number of nitrogens with zero attached hydrogens (tertiary/aromatic N) is 1. The van der Waals surface area contributed by atoms with Crippen LogP contribution in [0.25, 0.3) is 75.1 Å². The average Bonchev–Trinajstić information content (AvgIpc) is 3.60. The third-order valence-electron chi connectivity index (χ3n) is 10.3. The lowest BCUT2D eigenvalue weighted by Crippen LogP contribution is -2.11. The maximum absolute atomic E-state index is 2.40. The average molecular weight is 680 g/mol. The van der Waals surface area contributed by atoms with Crippen LogP contribution < -0.4 is 4.90 Å². The van der Waals surface area contributed by atoms with Crippen molar-refractivity contribution in [1.82, 2.24) is 0 Å². The summed E-state index contributed by atoms with van der Waals surface area (Å²) in [6.45, 7) is 0. The van der Waals surface area contributed by atoms with Crippen molar-refractivity contribution in [3.8, 4) is 33.4 Å². The van der Waals surface area contributed by atoms with E-state index in [1.165, 1.54) is 75.1 Å². The Labute approximate surface area is 307 Å². The van der Waals surface area contributed by atoms with Crippen molar-refractivity contribution in [3.05, 3.63) is 200 Å². The lowest BCUT2D eigenvalue weighted by Gasteiger charge is -2.28. The molecule has 1 aromatic heterocycles. The molecule has 0 N–H and O–H groups in total. The summed E-state index contributed by atoms with van der Waals surface area (Å²) < 4.78 is 2.65. The molecule has 0 aliphatic carbocycles. The van der Waals surface area contributed by atoms with Gasteiger partial charge in [0.25, 0.3) is 0 Å². The van der Waals surface area contributed by atoms with Crippen molar-refractivity contribution in [2.24, 2.45) is 0 Å². The summed E-state index contributed by atoms with van der Waals surface area (Å²) in [6, 6.07) is 72.9. The Morgan fingerprint density at radius 3 is 1.69 bits per heavy atom. The number of hydrogen-bond donors (Lipinski definition) is 0. The van der Waals surface area contributed by atoms with E-state index in [1.807, 2.05) is 11.3 Å². The maximum atomic E-state index is 2.40. The zero-order chi connectivity index (χ0) is 34.4. The summed E-state index contributed by atoms with van der Waals surface area (Å²) in [5.41, 5.74) is 10.6. The molecule has 9 aromatic carbocycles. The van der Waals surface area contributed by atoms with Crippen LogP contribution in [0, 0.1) is 0 Å². The van der Waals surface area contributed by atoms with Gasteiger partial charge in [-0.2, -0.15) is 0 Å². The molecular weight excluding hydrogens is 647 g/mol. The second-order valence-electron chi connectivity index (χ2n) is 13.3. The van der Waals surface area contributed by atoms with Gasteiger partial charge in [-0.3, -0.25) is 0 Å². The summed E-state index contributed by atoms with van der Waals surface area (Å²) in [6.07, 6.45) is 0. The standard InChI is InChI=1S/C50H33NS/c1-2-12-34(13-3-1)36-24-28-40(29-25-36)51(47-20-10-8-16-42(47)39-23-22-35-14-4-5-15-38(35)32-39)41-30-26-37(27-31-41)46-33-49-50(44-18-7-6-17-43(44)46)45-19-9-11-21-48(45)52-49/h1-33H. The van der Waals surface area contributed by atoms with Gasteiger partial charge in [-0.25, -0.2) is 0 Å². The van der Waals surface area contributed by atoms with Gasteiger partial charge in [0.05, 0.1) is 5.69 Å². The van der Waals surface area contributed by atoms with Gasteiger partial charge in [-0.15, -0.1) is 11.3 Å². The second kappa shape index (κ2) is 12.7. The van der Waals surface area contributed by atoms with E-state index in [1.54, 1.807) is 0 Å². The van der Waals surface area contributed by atoms with Crippen molar-refractivity contribution >= 4 is 70.1 Å². The van der Waals surface area contributed by atoms with Gasteiger partial charge in [-0.05, 0) is 97.9 Å². The first-order chi connectivity index (χ1) is 25.8. The van der Waals surface area contributed by atoms with Gasteiger partial charge in [0, 0.05) is 37.1 Å². The fourth-order valence-corrected chi connectivity index (χ4v) is 8.91. The fourth-order valence-electron chi connectivity index (χ4n) is 7.75. The zero-order valence-corrected chi connectivity index (χ0v) is 29.2. The van der Waals surface area contributed by atoms with E-state index in [-0.39, 0.29) is 0 Å². The van der Waals surface area contributed by atoms with Crippen molar-refractivity contribution < 1.29 is 0 Å². The van der Waals surface area contributed by atoms with Gasteiger partial charge in [-0.1, -0.05) is 152 Å². The first kappa shape index (κ1) is 30.4. The predicted octanol–water partition coefficient (Wildman–Crippen LogP) is 14.8. The van der Waals surface area contributed by atoms with E-state index < -0.39 is 0 Å². The Bertz CT molecular complexity index is 2890. The van der Waals surface area contributed by atoms with E-state index in [9.17, 15) is 0 Å². The lowest BCUT2D eigenvalue weighted by atomic mass is 9.94. The molecule has 0 atom stereocenters. The Kier molecular flexibility index (Phi) is 7.41. The highest BCUT2D eigenvalue weighted by Gasteiger charge is 2.19. The molecule has 2 heteroatoms. The van der Waals surface area contributed by atoms with Crippen LogP contribution in [0.4, 0.5) is 17.1 Å². The monoisotopic (exact) mass is 679 g/mol. The van der Waals surface area contributed by atoms with E-state index >= 15 is 0 Å². The highest BCUT2D eigenvalue weighted by Crippen LogP contribution is 2.45. The zero-order valence-electron chi connectivity index (χ0n) is 28.4. The molecule has 52 heavy (non-hydrogen) atoms. The fraction of sp³-hybridized carbons (Fsp3) is 0. The topological polar surface area (TPSA) is 3.24 Å². The molecule has 0 amide bonds. The van der Waals surface area contributed by atoms with Crippen LogP contribution >= 0.6 is 11.3 Å². The smallest absolute Gasteiger partial charge is 0.0540 e.